The number of likely N-dealkylation sites (tertiary alicyclic amines) is 1. The Morgan fingerprint density at radius 1 is 0.917 bits per heavy atom. The summed E-state index contributed by atoms with van der Waals surface area (Å²) in [4.78, 5) is 12.7. The molecule has 1 atom stereocenters. The fourth-order valence-corrected chi connectivity index (χ4v) is 3.76. The maximum atomic E-state index is 12.7. The molecule has 2 aromatic carbocycles. The van der Waals surface area contributed by atoms with Gasteiger partial charge >= 0.3 is 0 Å². The third kappa shape index (κ3) is 4.11. The van der Waals surface area contributed by atoms with Crippen LogP contribution in [0.2, 0.25) is 0 Å². The zero-order chi connectivity index (χ0) is 16.8. The van der Waals surface area contributed by atoms with Gasteiger partial charge in [-0.05, 0) is 24.8 Å². The number of carbonyl (C=O) groups is 1. The molecular formula is C21H26NO2+. The van der Waals surface area contributed by atoms with Crippen LogP contribution in [0, 0.1) is 0 Å². The molecule has 1 aliphatic heterocycles. The first-order valence-corrected chi connectivity index (χ1v) is 8.85. The van der Waals surface area contributed by atoms with Crippen molar-refractivity contribution in [1.82, 2.24) is 0 Å². The van der Waals surface area contributed by atoms with Crippen molar-refractivity contribution in [1.29, 1.82) is 0 Å². The minimum atomic E-state index is -0.520. The molecule has 3 rings (SSSR count). The second-order valence-electron chi connectivity index (χ2n) is 6.91. The van der Waals surface area contributed by atoms with Crippen LogP contribution in [0.1, 0.15) is 41.3 Å². The van der Waals surface area contributed by atoms with E-state index in [0.29, 0.717) is 17.6 Å². The number of hydrogen-bond donors (Lipinski definition) is 1. The Morgan fingerprint density at radius 2 is 1.50 bits per heavy atom. The molecule has 1 fully saturated rings. The van der Waals surface area contributed by atoms with Gasteiger partial charge in [-0.15, -0.1) is 0 Å². The van der Waals surface area contributed by atoms with Crippen LogP contribution in [0.5, 0.6) is 0 Å². The Bertz CT molecular complexity index is 648. The third-order valence-electron chi connectivity index (χ3n) is 5.08. The summed E-state index contributed by atoms with van der Waals surface area (Å²) in [5.41, 5.74) is 1.71. The van der Waals surface area contributed by atoms with Crippen molar-refractivity contribution in [3.63, 3.8) is 0 Å². The second-order valence-corrected chi connectivity index (χ2v) is 6.91. The number of ketones is 1. The molecule has 1 saturated heterocycles. The summed E-state index contributed by atoms with van der Waals surface area (Å²) in [5.74, 6) is 0.178. The van der Waals surface area contributed by atoms with Crippen LogP contribution in [-0.2, 0) is 0 Å². The molecular weight excluding hydrogens is 298 g/mol. The summed E-state index contributed by atoms with van der Waals surface area (Å²) in [5, 5.41) is 10.7. The molecule has 0 saturated carbocycles. The smallest absolute Gasteiger partial charge is 0.216 e. The lowest BCUT2D eigenvalue weighted by Gasteiger charge is -2.42. The van der Waals surface area contributed by atoms with Gasteiger partial charge < -0.3 is 9.59 Å². The van der Waals surface area contributed by atoms with Crippen molar-refractivity contribution in [3.05, 3.63) is 71.8 Å². The average Bonchev–Trinajstić information content (AvgIpc) is 2.64. The van der Waals surface area contributed by atoms with Crippen LogP contribution in [0.15, 0.2) is 60.7 Å². The topological polar surface area (TPSA) is 37.3 Å². The Kier molecular flexibility index (Phi) is 5.44. The number of carbonyl (C=O) groups excluding carboxylic acids is 1. The van der Waals surface area contributed by atoms with Crippen LogP contribution in [0.4, 0.5) is 0 Å². The molecule has 0 amide bonds. The van der Waals surface area contributed by atoms with E-state index in [1.807, 2.05) is 60.7 Å². The average molecular weight is 324 g/mol. The van der Waals surface area contributed by atoms with E-state index in [4.69, 9.17) is 0 Å². The van der Waals surface area contributed by atoms with Gasteiger partial charge in [0.1, 0.15) is 19.2 Å². The number of rotatable bonds is 6. The van der Waals surface area contributed by atoms with Crippen LogP contribution in [0.3, 0.4) is 0 Å². The molecule has 1 aliphatic rings. The zero-order valence-corrected chi connectivity index (χ0v) is 14.1. The quantitative estimate of drug-likeness (QED) is 0.651. The normalized spacial score (nSPS) is 18.0. The number of aliphatic hydroxyl groups excluding tert-OH is 1. The van der Waals surface area contributed by atoms with Gasteiger partial charge in [0.15, 0.2) is 0 Å². The molecule has 3 nitrogen and oxygen atoms in total. The van der Waals surface area contributed by atoms with Gasteiger partial charge in [-0.3, -0.25) is 4.79 Å². The van der Waals surface area contributed by atoms with Crippen molar-refractivity contribution in [3.8, 4) is 0 Å². The molecule has 0 unspecified atom stereocenters. The lowest BCUT2D eigenvalue weighted by molar-refractivity contribution is -0.928. The van der Waals surface area contributed by atoms with Crippen molar-refractivity contribution in [2.45, 2.75) is 25.4 Å². The number of quaternary nitrogens is 1. The van der Waals surface area contributed by atoms with E-state index in [1.165, 1.54) is 6.42 Å². The number of nitrogens with zero attached hydrogens (tertiary/aromatic N) is 1. The standard InChI is InChI=1S/C21H26NO2/c23-20(18-10-4-1-5-11-18)16-22(14-8-3-9-15-22)17-21(24)19-12-6-2-7-13-19/h1-2,4-7,10-13,20,23H,3,8-9,14-17H2/q+1/t20-/m1/s1. The summed E-state index contributed by atoms with van der Waals surface area (Å²) in [6, 6.07) is 19.3. The lowest BCUT2D eigenvalue weighted by atomic mass is 10.0. The van der Waals surface area contributed by atoms with Crippen molar-refractivity contribution in [2.24, 2.45) is 0 Å². The first-order valence-electron chi connectivity index (χ1n) is 8.85. The second kappa shape index (κ2) is 7.73. The van der Waals surface area contributed by atoms with Crippen molar-refractivity contribution >= 4 is 5.78 Å². The van der Waals surface area contributed by atoms with E-state index in [9.17, 15) is 9.90 Å². The zero-order valence-electron chi connectivity index (χ0n) is 14.1. The minimum absolute atomic E-state index is 0.178. The minimum Gasteiger partial charge on any atom is -0.382 e. The monoisotopic (exact) mass is 324 g/mol. The number of piperidine rings is 1. The Balaban J connectivity index is 1.76. The molecule has 0 aromatic heterocycles. The van der Waals surface area contributed by atoms with Gasteiger partial charge in [-0.1, -0.05) is 60.7 Å². The Hall–Kier alpha value is -1.97. The molecule has 0 aliphatic carbocycles. The van der Waals surface area contributed by atoms with Gasteiger partial charge in [0, 0.05) is 5.56 Å². The fourth-order valence-electron chi connectivity index (χ4n) is 3.76. The molecule has 126 valence electrons. The van der Waals surface area contributed by atoms with Gasteiger partial charge in [0.25, 0.3) is 0 Å². The molecule has 0 radical (unpaired) electrons. The first-order chi connectivity index (χ1) is 11.7. The van der Waals surface area contributed by atoms with Crippen LogP contribution in [-0.4, -0.2) is 41.6 Å². The Morgan fingerprint density at radius 3 is 2.12 bits per heavy atom. The number of aliphatic hydroxyl groups is 1. The summed E-state index contributed by atoms with van der Waals surface area (Å²) in [6.45, 7) is 3.04. The molecule has 3 heteroatoms. The SMILES string of the molecule is O=C(C[N+]1(C[C@@H](O)c2ccccc2)CCCCC1)c1ccccc1. The molecule has 0 bridgehead atoms. The van der Waals surface area contributed by atoms with Crippen molar-refractivity contribution in [2.75, 3.05) is 26.2 Å². The van der Waals surface area contributed by atoms with Gasteiger partial charge in [-0.25, -0.2) is 0 Å². The summed E-state index contributed by atoms with van der Waals surface area (Å²) in [6.07, 6.45) is 2.96. The highest BCUT2D eigenvalue weighted by molar-refractivity contribution is 5.96. The molecule has 0 spiro atoms. The highest BCUT2D eigenvalue weighted by atomic mass is 16.3. The highest BCUT2D eigenvalue weighted by Gasteiger charge is 2.35. The molecule has 2 aromatic rings. The predicted molar refractivity (Wildman–Crippen MR) is 95.8 cm³/mol. The number of hydrogen-bond acceptors (Lipinski definition) is 2. The van der Waals surface area contributed by atoms with Crippen LogP contribution >= 0.6 is 0 Å². The largest absolute Gasteiger partial charge is 0.382 e. The number of Topliss-reactive ketones (excluding diaryl/α,β-unsaturated/α-hetero) is 1. The van der Waals surface area contributed by atoms with Crippen LogP contribution in [0.25, 0.3) is 0 Å². The third-order valence-corrected chi connectivity index (χ3v) is 5.08. The summed E-state index contributed by atoms with van der Waals surface area (Å²) >= 11 is 0. The Labute approximate surface area is 144 Å². The highest BCUT2D eigenvalue weighted by Crippen LogP contribution is 2.25. The van der Waals surface area contributed by atoms with Gasteiger partial charge in [0.05, 0.1) is 13.1 Å². The maximum Gasteiger partial charge on any atom is 0.216 e. The van der Waals surface area contributed by atoms with E-state index in [0.717, 1.165) is 37.1 Å². The summed E-state index contributed by atoms with van der Waals surface area (Å²) in [7, 11) is 0. The van der Waals surface area contributed by atoms with Gasteiger partial charge in [-0.2, -0.15) is 0 Å². The lowest BCUT2D eigenvalue weighted by Crippen LogP contribution is -2.56. The molecule has 1 heterocycles. The number of benzene rings is 2. The van der Waals surface area contributed by atoms with E-state index in [-0.39, 0.29) is 5.78 Å². The van der Waals surface area contributed by atoms with Crippen molar-refractivity contribution < 1.29 is 14.4 Å². The predicted octanol–water partition coefficient (Wildman–Crippen LogP) is 3.60. The van der Waals surface area contributed by atoms with E-state index < -0.39 is 6.10 Å². The van der Waals surface area contributed by atoms with E-state index in [2.05, 4.69) is 0 Å². The van der Waals surface area contributed by atoms with Crippen LogP contribution < -0.4 is 0 Å². The summed E-state index contributed by atoms with van der Waals surface area (Å²) < 4.78 is 0.698. The fraction of sp³-hybridized carbons (Fsp3) is 0.381. The molecule has 24 heavy (non-hydrogen) atoms. The van der Waals surface area contributed by atoms with E-state index in [1.54, 1.807) is 0 Å². The first kappa shape index (κ1) is 16.9. The van der Waals surface area contributed by atoms with Gasteiger partial charge in [0.2, 0.25) is 5.78 Å². The molecule has 1 N–H and O–H groups in total. The maximum absolute atomic E-state index is 12.7. The van der Waals surface area contributed by atoms with E-state index >= 15 is 0 Å².